The molecule has 0 radical (unpaired) electrons. The van der Waals surface area contributed by atoms with Gasteiger partial charge in [0.15, 0.2) is 5.22 Å². The summed E-state index contributed by atoms with van der Waals surface area (Å²) in [5, 5.41) is 4.03. The molecule has 0 spiro atoms. The molecular formula is C13H20ClNO. The molecule has 2 rings (SSSR count). The molecule has 0 bridgehead atoms. The van der Waals surface area contributed by atoms with Gasteiger partial charge in [0.25, 0.3) is 0 Å². The van der Waals surface area contributed by atoms with Crippen LogP contribution in [0.25, 0.3) is 0 Å². The van der Waals surface area contributed by atoms with Crippen molar-refractivity contribution in [3.8, 4) is 0 Å². The van der Waals surface area contributed by atoms with Crippen LogP contribution in [0.2, 0.25) is 5.22 Å². The Hall–Kier alpha value is -0.470. The lowest BCUT2D eigenvalue weighted by molar-refractivity contribution is 0.195. The Morgan fingerprint density at radius 3 is 2.94 bits per heavy atom. The first kappa shape index (κ1) is 12.0. The lowest BCUT2D eigenvalue weighted by Crippen LogP contribution is -2.36. The quantitative estimate of drug-likeness (QED) is 0.866. The summed E-state index contributed by atoms with van der Waals surface area (Å²) < 4.78 is 5.33. The molecule has 0 amide bonds. The van der Waals surface area contributed by atoms with E-state index < -0.39 is 0 Å². The van der Waals surface area contributed by atoms with Crippen molar-refractivity contribution in [1.29, 1.82) is 0 Å². The zero-order chi connectivity index (χ0) is 11.6. The highest BCUT2D eigenvalue weighted by molar-refractivity contribution is 6.28. The fraction of sp³-hybridized carbons (Fsp3) is 0.692. The minimum Gasteiger partial charge on any atom is -0.448 e. The van der Waals surface area contributed by atoms with Gasteiger partial charge in [-0.1, -0.05) is 20.3 Å². The Kier molecular flexibility index (Phi) is 3.60. The third-order valence-electron chi connectivity index (χ3n) is 3.40. The summed E-state index contributed by atoms with van der Waals surface area (Å²) in [5.74, 6) is 0.924. The maximum Gasteiger partial charge on any atom is 0.193 e. The topological polar surface area (TPSA) is 25.2 Å². The van der Waals surface area contributed by atoms with Gasteiger partial charge in [-0.3, -0.25) is 0 Å². The van der Waals surface area contributed by atoms with Crippen molar-refractivity contribution >= 4 is 11.6 Å². The Labute approximate surface area is 102 Å². The van der Waals surface area contributed by atoms with E-state index in [-0.39, 0.29) is 0 Å². The third-order valence-corrected chi connectivity index (χ3v) is 3.60. The molecule has 3 heteroatoms. The maximum absolute atomic E-state index is 5.73. The lowest BCUT2D eigenvalue weighted by atomic mass is 9.75. The molecule has 1 aromatic heterocycles. The van der Waals surface area contributed by atoms with Crippen molar-refractivity contribution in [1.82, 2.24) is 5.32 Å². The second-order valence-electron chi connectivity index (χ2n) is 5.54. The monoisotopic (exact) mass is 241 g/mol. The van der Waals surface area contributed by atoms with Crippen molar-refractivity contribution < 1.29 is 4.42 Å². The average molecular weight is 242 g/mol. The van der Waals surface area contributed by atoms with E-state index in [0.717, 1.165) is 12.3 Å². The van der Waals surface area contributed by atoms with Crippen LogP contribution in [0.1, 0.15) is 45.3 Å². The van der Waals surface area contributed by atoms with Gasteiger partial charge in [0.2, 0.25) is 0 Å². The molecule has 2 nitrogen and oxygen atoms in total. The van der Waals surface area contributed by atoms with Gasteiger partial charge in [-0.15, -0.1) is 0 Å². The van der Waals surface area contributed by atoms with Crippen LogP contribution < -0.4 is 5.32 Å². The molecule has 1 unspecified atom stereocenters. The van der Waals surface area contributed by atoms with E-state index in [1.807, 2.05) is 6.07 Å². The third kappa shape index (κ3) is 3.26. The molecule has 0 saturated heterocycles. The number of rotatable bonds is 3. The summed E-state index contributed by atoms with van der Waals surface area (Å²) in [5.41, 5.74) is 0.483. The molecule has 1 N–H and O–H groups in total. The zero-order valence-corrected chi connectivity index (χ0v) is 10.8. The van der Waals surface area contributed by atoms with E-state index in [4.69, 9.17) is 16.0 Å². The Morgan fingerprint density at radius 2 is 2.31 bits per heavy atom. The largest absolute Gasteiger partial charge is 0.448 e. The predicted molar refractivity (Wildman–Crippen MR) is 66.6 cm³/mol. The molecule has 1 saturated carbocycles. The van der Waals surface area contributed by atoms with Gasteiger partial charge in [-0.2, -0.15) is 0 Å². The molecule has 1 fully saturated rings. The summed E-state index contributed by atoms with van der Waals surface area (Å²) in [6.45, 7) is 5.49. The fourth-order valence-electron chi connectivity index (χ4n) is 2.56. The normalized spacial score (nSPS) is 24.6. The van der Waals surface area contributed by atoms with Gasteiger partial charge < -0.3 is 9.73 Å². The molecule has 1 heterocycles. The highest BCUT2D eigenvalue weighted by atomic mass is 35.5. The van der Waals surface area contributed by atoms with Gasteiger partial charge >= 0.3 is 0 Å². The van der Waals surface area contributed by atoms with Crippen LogP contribution in [-0.4, -0.2) is 6.04 Å². The van der Waals surface area contributed by atoms with E-state index in [0.29, 0.717) is 16.7 Å². The van der Waals surface area contributed by atoms with E-state index in [1.54, 1.807) is 6.07 Å². The van der Waals surface area contributed by atoms with Crippen LogP contribution in [0.5, 0.6) is 0 Å². The van der Waals surface area contributed by atoms with Gasteiger partial charge in [-0.25, -0.2) is 0 Å². The standard InChI is InChI=1S/C13H20ClNO/c1-13(2)7-3-4-10(8-13)15-9-11-5-6-12(14)16-11/h5-6,10,15H,3-4,7-9H2,1-2H3. The van der Waals surface area contributed by atoms with Crippen LogP contribution >= 0.6 is 11.6 Å². The first-order valence-electron chi connectivity index (χ1n) is 6.03. The average Bonchev–Trinajstić information content (AvgIpc) is 2.60. The van der Waals surface area contributed by atoms with Crippen molar-refractivity contribution in [3.05, 3.63) is 23.1 Å². The molecule has 1 aliphatic rings. The van der Waals surface area contributed by atoms with Crippen LogP contribution in [-0.2, 0) is 6.54 Å². The number of furan rings is 1. The first-order chi connectivity index (χ1) is 7.55. The van der Waals surface area contributed by atoms with E-state index in [2.05, 4.69) is 19.2 Å². The number of halogens is 1. The van der Waals surface area contributed by atoms with E-state index >= 15 is 0 Å². The lowest BCUT2D eigenvalue weighted by Gasteiger charge is -2.35. The highest BCUT2D eigenvalue weighted by Crippen LogP contribution is 2.35. The first-order valence-corrected chi connectivity index (χ1v) is 6.41. The molecular weight excluding hydrogens is 222 g/mol. The molecule has 1 aliphatic carbocycles. The van der Waals surface area contributed by atoms with Crippen LogP contribution in [0, 0.1) is 5.41 Å². The van der Waals surface area contributed by atoms with E-state index in [1.165, 1.54) is 25.7 Å². The molecule has 1 atom stereocenters. The van der Waals surface area contributed by atoms with Crippen LogP contribution in [0.4, 0.5) is 0 Å². The molecule has 0 aliphatic heterocycles. The SMILES string of the molecule is CC1(C)CCCC(NCc2ccc(Cl)o2)C1. The van der Waals surface area contributed by atoms with Crippen molar-refractivity contribution in [2.24, 2.45) is 5.41 Å². The smallest absolute Gasteiger partial charge is 0.193 e. The second kappa shape index (κ2) is 4.80. The molecule has 16 heavy (non-hydrogen) atoms. The van der Waals surface area contributed by atoms with Crippen LogP contribution in [0.3, 0.4) is 0 Å². The summed E-state index contributed by atoms with van der Waals surface area (Å²) in [7, 11) is 0. The van der Waals surface area contributed by atoms with E-state index in [9.17, 15) is 0 Å². The molecule has 0 aromatic carbocycles. The van der Waals surface area contributed by atoms with Crippen molar-refractivity contribution in [3.63, 3.8) is 0 Å². The summed E-state index contributed by atoms with van der Waals surface area (Å²) in [6, 6.07) is 4.35. The van der Waals surface area contributed by atoms with Gasteiger partial charge in [0, 0.05) is 6.04 Å². The predicted octanol–water partition coefficient (Wildman–Crippen LogP) is 3.99. The zero-order valence-electron chi connectivity index (χ0n) is 10.1. The fourth-order valence-corrected chi connectivity index (χ4v) is 2.73. The number of nitrogens with one attached hydrogen (secondary N) is 1. The Bertz CT molecular complexity index is 345. The highest BCUT2D eigenvalue weighted by Gasteiger charge is 2.27. The number of hydrogen-bond acceptors (Lipinski definition) is 2. The Balaban J connectivity index is 1.82. The maximum atomic E-state index is 5.73. The molecule has 1 aromatic rings. The Morgan fingerprint density at radius 1 is 1.50 bits per heavy atom. The van der Waals surface area contributed by atoms with Crippen molar-refractivity contribution in [2.75, 3.05) is 0 Å². The van der Waals surface area contributed by atoms with Gasteiger partial charge in [0.05, 0.1) is 6.54 Å². The minimum absolute atomic E-state index is 0.473. The van der Waals surface area contributed by atoms with Crippen molar-refractivity contribution in [2.45, 2.75) is 52.1 Å². The molecule has 90 valence electrons. The second-order valence-corrected chi connectivity index (χ2v) is 5.92. The number of hydrogen-bond donors (Lipinski definition) is 1. The van der Waals surface area contributed by atoms with Gasteiger partial charge in [-0.05, 0) is 48.4 Å². The van der Waals surface area contributed by atoms with Gasteiger partial charge in [0.1, 0.15) is 5.76 Å². The van der Waals surface area contributed by atoms with Crippen LogP contribution in [0.15, 0.2) is 16.5 Å². The summed E-state index contributed by atoms with van der Waals surface area (Å²) in [6.07, 6.45) is 5.20. The summed E-state index contributed by atoms with van der Waals surface area (Å²) >= 11 is 5.73. The summed E-state index contributed by atoms with van der Waals surface area (Å²) in [4.78, 5) is 0. The minimum atomic E-state index is 0.473.